The third-order valence-corrected chi connectivity index (χ3v) is 4.40. The molecule has 4 nitrogen and oxygen atoms in total. The first-order valence-corrected chi connectivity index (χ1v) is 8.77. The molecular formula is C20H29NO3. The first kappa shape index (κ1) is 18.5. The molecule has 0 saturated carbocycles. The first-order valence-electron chi connectivity index (χ1n) is 8.77. The average molecular weight is 331 g/mol. The van der Waals surface area contributed by atoms with Crippen molar-refractivity contribution < 1.29 is 14.3 Å². The van der Waals surface area contributed by atoms with E-state index in [1.807, 2.05) is 20.8 Å². The predicted molar refractivity (Wildman–Crippen MR) is 96.6 cm³/mol. The van der Waals surface area contributed by atoms with Gasteiger partial charge in [0.25, 0.3) is 0 Å². The largest absolute Gasteiger partial charge is 0.494 e. The van der Waals surface area contributed by atoms with E-state index in [0.29, 0.717) is 25.6 Å². The first-order chi connectivity index (χ1) is 11.4. The van der Waals surface area contributed by atoms with Crippen molar-refractivity contribution in [3.8, 4) is 0 Å². The zero-order valence-corrected chi connectivity index (χ0v) is 15.3. The van der Waals surface area contributed by atoms with Crippen molar-refractivity contribution in [2.45, 2.75) is 52.2 Å². The molecular weight excluding hydrogens is 302 g/mol. The van der Waals surface area contributed by atoms with E-state index in [1.165, 1.54) is 11.1 Å². The number of hydrogen-bond acceptors (Lipinski definition) is 4. The van der Waals surface area contributed by atoms with Crippen molar-refractivity contribution in [3.05, 3.63) is 41.5 Å². The molecule has 0 spiro atoms. The SMILES string of the molecule is C=C(OCC)c1ccc2c(c1)CCC2N(C)CCC(=O)OC(C)C. The van der Waals surface area contributed by atoms with Gasteiger partial charge in [-0.3, -0.25) is 9.69 Å². The maximum absolute atomic E-state index is 11.7. The fourth-order valence-electron chi connectivity index (χ4n) is 3.23. The van der Waals surface area contributed by atoms with E-state index in [-0.39, 0.29) is 12.1 Å². The molecule has 0 aromatic heterocycles. The minimum Gasteiger partial charge on any atom is -0.494 e. The third kappa shape index (κ3) is 4.60. The van der Waals surface area contributed by atoms with Gasteiger partial charge in [-0.15, -0.1) is 0 Å². The van der Waals surface area contributed by atoms with E-state index < -0.39 is 0 Å². The van der Waals surface area contributed by atoms with Crippen molar-refractivity contribution in [2.24, 2.45) is 0 Å². The molecule has 0 heterocycles. The highest BCUT2D eigenvalue weighted by Crippen LogP contribution is 2.36. The highest BCUT2D eigenvalue weighted by atomic mass is 16.5. The lowest BCUT2D eigenvalue weighted by atomic mass is 10.0. The minimum atomic E-state index is -0.126. The molecule has 0 amide bonds. The van der Waals surface area contributed by atoms with Gasteiger partial charge in [-0.25, -0.2) is 0 Å². The van der Waals surface area contributed by atoms with E-state index in [2.05, 4.69) is 36.7 Å². The summed E-state index contributed by atoms with van der Waals surface area (Å²) in [5.74, 6) is 0.604. The summed E-state index contributed by atoms with van der Waals surface area (Å²) in [6, 6.07) is 6.81. The number of rotatable bonds is 8. The molecule has 24 heavy (non-hydrogen) atoms. The van der Waals surface area contributed by atoms with Crippen LogP contribution in [-0.4, -0.2) is 37.2 Å². The van der Waals surface area contributed by atoms with E-state index in [0.717, 1.165) is 24.2 Å². The Bertz CT molecular complexity index is 595. The van der Waals surface area contributed by atoms with Gasteiger partial charge in [0.2, 0.25) is 0 Å². The molecule has 0 N–H and O–H groups in total. The fourth-order valence-corrected chi connectivity index (χ4v) is 3.23. The number of fused-ring (bicyclic) bond motifs is 1. The second-order valence-electron chi connectivity index (χ2n) is 6.59. The summed E-state index contributed by atoms with van der Waals surface area (Å²) in [7, 11) is 2.08. The van der Waals surface area contributed by atoms with Crippen LogP contribution in [0.1, 0.15) is 56.3 Å². The summed E-state index contributed by atoms with van der Waals surface area (Å²) in [6.45, 7) is 11.0. The van der Waals surface area contributed by atoms with E-state index in [4.69, 9.17) is 9.47 Å². The maximum Gasteiger partial charge on any atom is 0.307 e. The predicted octanol–water partition coefficient (Wildman–Crippen LogP) is 3.95. The fraction of sp³-hybridized carbons (Fsp3) is 0.550. The second-order valence-corrected chi connectivity index (χ2v) is 6.59. The lowest BCUT2D eigenvalue weighted by molar-refractivity contribution is -0.147. The number of benzene rings is 1. The summed E-state index contributed by atoms with van der Waals surface area (Å²) < 4.78 is 10.7. The molecule has 132 valence electrons. The normalized spacial score (nSPS) is 16.3. The number of esters is 1. The van der Waals surface area contributed by atoms with Crippen LogP contribution in [0.25, 0.3) is 5.76 Å². The van der Waals surface area contributed by atoms with Gasteiger partial charge in [0, 0.05) is 18.2 Å². The Labute approximate surface area is 145 Å². The Kier molecular flexibility index (Phi) is 6.44. The van der Waals surface area contributed by atoms with Crippen molar-refractivity contribution >= 4 is 11.7 Å². The van der Waals surface area contributed by atoms with E-state index in [9.17, 15) is 4.79 Å². The van der Waals surface area contributed by atoms with Crippen LogP contribution in [0, 0.1) is 0 Å². The molecule has 1 aliphatic carbocycles. The smallest absolute Gasteiger partial charge is 0.307 e. The second kappa shape index (κ2) is 8.34. The summed E-state index contributed by atoms with van der Waals surface area (Å²) >= 11 is 0. The van der Waals surface area contributed by atoms with Gasteiger partial charge in [0.15, 0.2) is 0 Å². The monoisotopic (exact) mass is 331 g/mol. The van der Waals surface area contributed by atoms with E-state index in [1.54, 1.807) is 0 Å². The zero-order valence-electron chi connectivity index (χ0n) is 15.3. The van der Waals surface area contributed by atoms with Gasteiger partial charge < -0.3 is 9.47 Å². The highest BCUT2D eigenvalue weighted by Gasteiger charge is 2.26. The quantitative estimate of drug-likeness (QED) is 0.534. The Morgan fingerprint density at radius 1 is 1.42 bits per heavy atom. The number of carbonyl (C=O) groups excluding carboxylic acids is 1. The molecule has 1 aromatic carbocycles. The lowest BCUT2D eigenvalue weighted by Gasteiger charge is -2.25. The van der Waals surface area contributed by atoms with Gasteiger partial charge in [0.1, 0.15) is 5.76 Å². The third-order valence-electron chi connectivity index (χ3n) is 4.40. The molecule has 0 fully saturated rings. The van der Waals surface area contributed by atoms with Crippen molar-refractivity contribution in [2.75, 3.05) is 20.2 Å². The van der Waals surface area contributed by atoms with Gasteiger partial charge in [-0.05, 0) is 57.9 Å². The Hall–Kier alpha value is -1.81. The highest BCUT2D eigenvalue weighted by molar-refractivity contribution is 5.69. The summed E-state index contributed by atoms with van der Waals surface area (Å²) in [5, 5.41) is 0. The van der Waals surface area contributed by atoms with Crippen LogP contribution in [-0.2, 0) is 20.7 Å². The molecule has 1 unspecified atom stereocenters. The lowest BCUT2D eigenvalue weighted by Crippen LogP contribution is -2.26. The number of ether oxygens (including phenoxy) is 2. The molecule has 0 radical (unpaired) electrons. The molecule has 0 saturated heterocycles. The van der Waals surface area contributed by atoms with Crippen LogP contribution in [0.4, 0.5) is 0 Å². The number of aryl methyl sites for hydroxylation is 1. The average Bonchev–Trinajstić information content (AvgIpc) is 2.95. The molecule has 2 rings (SSSR count). The number of nitrogens with zero attached hydrogens (tertiary/aromatic N) is 1. The standard InChI is InChI=1S/C20H29NO3/c1-6-23-15(4)16-7-9-18-17(13-16)8-10-19(18)21(5)12-11-20(22)24-14(2)3/h7,9,13-14,19H,4,6,8,10-12H2,1-3,5H3. The summed E-state index contributed by atoms with van der Waals surface area (Å²) in [5.41, 5.74) is 3.76. The maximum atomic E-state index is 11.7. The summed E-state index contributed by atoms with van der Waals surface area (Å²) in [4.78, 5) is 14.0. The van der Waals surface area contributed by atoms with Crippen LogP contribution < -0.4 is 0 Å². The van der Waals surface area contributed by atoms with Gasteiger partial charge >= 0.3 is 5.97 Å². The zero-order chi connectivity index (χ0) is 17.7. The van der Waals surface area contributed by atoms with Crippen molar-refractivity contribution in [1.29, 1.82) is 0 Å². The van der Waals surface area contributed by atoms with Gasteiger partial charge in [0.05, 0.1) is 19.1 Å². The number of hydrogen-bond donors (Lipinski definition) is 0. The molecule has 0 bridgehead atoms. The Balaban J connectivity index is 1.98. The minimum absolute atomic E-state index is 0.0492. The molecule has 1 atom stereocenters. The van der Waals surface area contributed by atoms with Gasteiger partial charge in [-0.1, -0.05) is 18.7 Å². The van der Waals surface area contributed by atoms with Gasteiger partial charge in [-0.2, -0.15) is 0 Å². The number of carbonyl (C=O) groups is 1. The Morgan fingerprint density at radius 3 is 2.83 bits per heavy atom. The van der Waals surface area contributed by atoms with Crippen molar-refractivity contribution in [1.82, 2.24) is 4.90 Å². The summed E-state index contributed by atoms with van der Waals surface area (Å²) in [6.07, 6.45) is 2.51. The van der Waals surface area contributed by atoms with Crippen molar-refractivity contribution in [3.63, 3.8) is 0 Å². The molecule has 4 heteroatoms. The van der Waals surface area contributed by atoms with E-state index >= 15 is 0 Å². The van der Waals surface area contributed by atoms with Crippen LogP contribution >= 0.6 is 0 Å². The topological polar surface area (TPSA) is 38.8 Å². The van der Waals surface area contributed by atoms with Crippen LogP contribution in [0.2, 0.25) is 0 Å². The van der Waals surface area contributed by atoms with Crippen LogP contribution in [0.3, 0.4) is 0 Å². The molecule has 1 aromatic rings. The Morgan fingerprint density at radius 2 is 2.17 bits per heavy atom. The molecule has 0 aliphatic heterocycles. The van der Waals surface area contributed by atoms with Crippen LogP contribution in [0.15, 0.2) is 24.8 Å². The molecule has 1 aliphatic rings. The van der Waals surface area contributed by atoms with Crippen LogP contribution in [0.5, 0.6) is 0 Å².